The smallest absolute Gasteiger partial charge is 0.254 e. The first-order valence-electron chi connectivity index (χ1n) is 5.45. The number of nitrogens with two attached hydrogens (primary N) is 1. The summed E-state index contributed by atoms with van der Waals surface area (Å²) in [4.78, 5) is 15.4. The Kier molecular flexibility index (Phi) is 4.53. The first kappa shape index (κ1) is 13.8. The summed E-state index contributed by atoms with van der Waals surface area (Å²) >= 11 is 0. The highest BCUT2D eigenvalue weighted by Gasteiger charge is 2.13. The third kappa shape index (κ3) is 3.38. The molecule has 6 heteroatoms. The van der Waals surface area contributed by atoms with Crippen LogP contribution in [0.1, 0.15) is 10.4 Å². The van der Waals surface area contributed by atoms with Gasteiger partial charge in [-0.25, -0.2) is 0 Å². The van der Waals surface area contributed by atoms with Gasteiger partial charge in [-0.1, -0.05) is 11.2 Å². The van der Waals surface area contributed by atoms with E-state index in [1.165, 1.54) is 4.90 Å². The average Bonchev–Trinajstić information content (AvgIpc) is 2.37. The molecular weight excluding hydrogens is 232 g/mol. The number of hydrogen-bond donors (Lipinski definition) is 2. The molecule has 0 saturated heterocycles. The van der Waals surface area contributed by atoms with Gasteiger partial charge in [0.1, 0.15) is 0 Å². The Bertz CT molecular complexity index is 457. The molecule has 0 aliphatic rings. The predicted octanol–water partition coefficient (Wildman–Crippen LogP) is 0.571. The van der Waals surface area contributed by atoms with Gasteiger partial charge in [0, 0.05) is 32.4 Å². The number of likely N-dealkylation sites (N-methyl/N-ethyl adjacent to an activating group) is 1. The molecule has 6 nitrogen and oxygen atoms in total. The standard InChI is InChI=1S/C12H18N4O2/c1-15(2)10-6-4-5-9(7-10)12(17)16(3)8-11(13)14-18/h4-7,18H,8H2,1-3H3,(H2,13,14). The SMILES string of the molecule is CN(CC(N)=NO)C(=O)c1cccc(N(C)C)c1. The molecule has 0 bridgehead atoms. The summed E-state index contributed by atoms with van der Waals surface area (Å²) in [7, 11) is 5.41. The number of benzene rings is 1. The third-order valence-electron chi connectivity index (χ3n) is 2.48. The van der Waals surface area contributed by atoms with Crippen molar-refractivity contribution in [2.75, 3.05) is 32.6 Å². The number of rotatable bonds is 4. The van der Waals surface area contributed by atoms with E-state index < -0.39 is 0 Å². The van der Waals surface area contributed by atoms with E-state index in [0.717, 1.165) is 5.69 Å². The van der Waals surface area contributed by atoms with Gasteiger partial charge >= 0.3 is 0 Å². The molecule has 0 radical (unpaired) electrons. The second kappa shape index (κ2) is 5.90. The number of amidine groups is 1. The van der Waals surface area contributed by atoms with Gasteiger partial charge in [-0.3, -0.25) is 4.79 Å². The molecule has 1 aromatic carbocycles. The fraction of sp³-hybridized carbons (Fsp3) is 0.333. The second-order valence-electron chi connectivity index (χ2n) is 4.20. The molecule has 3 N–H and O–H groups in total. The largest absolute Gasteiger partial charge is 0.409 e. The van der Waals surface area contributed by atoms with Gasteiger partial charge in [0.05, 0.1) is 6.54 Å². The van der Waals surface area contributed by atoms with E-state index in [0.29, 0.717) is 5.56 Å². The average molecular weight is 250 g/mol. The number of amides is 1. The Morgan fingerprint density at radius 3 is 2.61 bits per heavy atom. The minimum Gasteiger partial charge on any atom is -0.409 e. The number of carbonyl (C=O) groups excluding carboxylic acids is 1. The van der Waals surface area contributed by atoms with Crippen LogP contribution in [0.2, 0.25) is 0 Å². The van der Waals surface area contributed by atoms with Crippen molar-refractivity contribution < 1.29 is 10.0 Å². The Morgan fingerprint density at radius 2 is 2.06 bits per heavy atom. The highest BCUT2D eigenvalue weighted by Crippen LogP contribution is 2.14. The zero-order valence-corrected chi connectivity index (χ0v) is 10.8. The van der Waals surface area contributed by atoms with Gasteiger partial charge in [-0.05, 0) is 18.2 Å². The molecule has 1 amide bonds. The van der Waals surface area contributed by atoms with Crippen molar-refractivity contribution in [2.45, 2.75) is 0 Å². The summed E-state index contributed by atoms with van der Waals surface area (Å²) in [6, 6.07) is 7.27. The quantitative estimate of drug-likeness (QED) is 0.354. The molecule has 0 aromatic heterocycles. The fourth-order valence-electron chi connectivity index (χ4n) is 1.48. The summed E-state index contributed by atoms with van der Waals surface area (Å²) in [5.74, 6) is -0.181. The maximum atomic E-state index is 12.1. The maximum absolute atomic E-state index is 12.1. The van der Waals surface area contributed by atoms with E-state index in [-0.39, 0.29) is 18.3 Å². The molecule has 18 heavy (non-hydrogen) atoms. The van der Waals surface area contributed by atoms with Crippen LogP contribution in [0.25, 0.3) is 0 Å². The first-order valence-corrected chi connectivity index (χ1v) is 5.45. The van der Waals surface area contributed by atoms with E-state index in [2.05, 4.69) is 5.16 Å². The van der Waals surface area contributed by atoms with E-state index in [1.54, 1.807) is 19.2 Å². The Morgan fingerprint density at radius 1 is 1.39 bits per heavy atom. The summed E-state index contributed by atoms with van der Waals surface area (Å²) in [6.45, 7) is 0.0848. The van der Waals surface area contributed by atoms with Crippen molar-refractivity contribution in [3.05, 3.63) is 29.8 Å². The molecule has 0 spiro atoms. The van der Waals surface area contributed by atoms with Crippen LogP contribution < -0.4 is 10.6 Å². The van der Waals surface area contributed by atoms with Crippen LogP contribution >= 0.6 is 0 Å². The molecule has 0 fully saturated rings. The predicted molar refractivity (Wildman–Crippen MR) is 71.1 cm³/mol. The molecular formula is C12H18N4O2. The zero-order chi connectivity index (χ0) is 13.7. The van der Waals surface area contributed by atoms with Crippen LogP contribution in [0.15, 0.2) is 29.4 Å². The lowest BCUT2D eigenvalue weighted by atomic mass is 10.1. The summed E-state index contributed by atoms with van der Waals surface area (Å²) in [6.07, 6.45) is 0. The van der Waals surface area contributed by atoms with Crippen LogP contribution in [-0.2, 0) is 0 Å². The van der Waals surface area contributed by atoms with Crippen LogP contribution in [-0.4, -0.2) is 49.5 Å². The highest BCUT2D eigenvalue weighted by atomic mass is 16.4. The van der Waals surface area contributed by atoms with Gasteiger partial charge in [-0.15, -0.1) is 0 Å². The van der Waals surface area contributed by atoms with Crippen molar-refractivity contribution in [3.8, 4) is 0 Å². The minimum absolute atomic E-state index is 0.00499. The monoisotopic (exact) mass is 250 g/mol. The van der Waals surface area contributed by atoms with E-state index in [4.69, 9.17) is 10.9 Å². The molecule has 1 rings (SSSR count). The molecule has 0 heterocycles. The molecule has 0 aliphatic heterocycles. The van der Waals surface area contributed by atoms with Crippen molar-refractivity contribution >= 4 is 17.4 Å². The van der Waals surface area contributed by atoms with Gasteiger partial charge in [0.2, 0.25) is 0 Å². The van der Waals surface area contributed by atoms with Gasteiger partial charge in [0.25, 0.3) is 5.91 Å². The Hall–Kier alpha value is -2.24. The fourth-order valence-corrected chi connectivity index (χ4v) is 1.48. The molecule has 0 unspecified atom stereocenters. The minimum atomic E-state index is -0.176. The number of carbonyl (C=O) groups is 1. The second-order valence-corrected chi connectivity index (χ2v) is 4.20. The maximum Gasteiger partial charge on any atom is 0.254 e. The number of nitrogens with zero attached hydrogens (tertiary/aromatic N) is 3. The highest BCUT2D eigenvalue weighted by molar-refractivity contribution is 5.97. The van der Waals surface area contributed by atoms with E-state index in [1.807, 2.05) is 31.1 Å². The molecule has 98 valence electrons. The van der Waals surface area contributed by atoms with Crippen molar-refractivity contribution in [1.82, 2.24) is 4.90 Å². The molecule has 1 aromatic rings. The number of anilines is 1. The summed E-state index contributed by atoms with van der Waals surface area (Å²) < 4.78 is 0. The lowest BCUT2D eigenvalue weighted by Crippen LogP contribution is -2.35. The molecule has 0 saturated carbocycles. The van der Waals surface area contributed by atoms with Crippen molar-refractivity contribution in [2.24, 2.45) is 10.9 Å². The van der Waals surface area contributed by atoms with Crippen molar-refractivity contribution in [3.63, 3.8) is 0 Å². The first-order chi connectivity index (χ1) is 8.45. The van der Waals surface area contributed by atoms with E-state index >= 15 is 0 Å². The van der Waals surface area contributed by atoms with Crippen LogP contribution in [0.5, 0.6) is 0 Å². The van der Waals surface area contributed by atoms with Gasteiger partial charge in [-0.2, -0.15) is 0 Å². The molecule has 0 aliphatic carbocycles. The Balaban J connectivity index is 2.86. The van der Waals surface area contributed by atoms with E-state index in [9.17, 15) is 4.79 Å². The van der Waals surface area contributed by atoms with Crippen LogP contribution in [0.3, 0.4) is 0 Å². The normalized spacial score (nSPS) is 11.2. The molecule has 0 atom stereocenters. The van der Waals surface area contributed by atoms with Crippen LogP contribution in [0, 0.1) is 0 Å². The summed E-state index contributed by atoms with van der Waals surface area (Å²) in [5.41, 5.74) is 6.87. The number of hydrogen-bond acceptors (Lipinski definition) is 4. The lowest BCUT2D eigenvalue weighted by molar-refractivity contribution is 0.0813. The number of oxime groups is 1. The van der Waals surface area contributed by atoms with Crippen LogP contribution in [0.4, 0.5) is 5.69 Å². The topological polar surface area (TPSA) is 82.2 Å². The Labute approximate surface area is 106 Å². The zero-order valence-electron chi connectivity index (χ0n) is 10.8. The summed E-state index contributed by atoms with van der Waals surface area (Å²) in [5, 5.41) is 11.3. The van der Waals surface area contributed by atoms with Gasteiger partial charge < -0.3 is 20.7 Å². The third-order valence-corrected chi connectivity index (χ3v) is 2.48. The van der Waals surface area contributed by atoms with Gasteiger partial charge in [0.15, 0.2) is 5.84 Å². The van der Waals surface area contributed by atoms with Crippen molar-refractivity contribution in [1.29, 1.82) is 0 Å². The lowest BCUT2D eigenvalue weighted by Gasteiger charge is -2.18.